The Morgan fingerprint density at radius 1 is 0.893 bits per heavy atom. The maximum atomic E-state index is 12.5. The lowest BCUT2D eigenvalue weighted by Crippen LogP contribution is -2.15. The first-order valence-electron chi connectivity index (χ1n) is 8.46. The quantitative estimate of drug-likeness (QED) is 0.625. The predicted molar refractivity (Wildman–Crippen MR) is 109 cm³/mol. The number of pyridine rings is 1. The zero-order valence-corrected chi connectivity index (χ0v) is 16.6. The summed E-state index contributed by atoms with van der Waals surface area (Å²) in [5.41, 5.74) is 2.15. The number of aryl methyl sites for hydroxylation is 1. The Labute approximate surface area is 164 Å². The van der Waals surface area contributed by atoms with E-state index >= 15 is 0 Å². The van der Waals surface area contributed by atoms with Gasteiger partial charge in [0.15, 0.2) is 11.5 Å². The van der Waals surface area contributed by atoms with Gasteiger partial charge in [-0.3, -0.25) is 4.72 Å². The molecule has 7 nitrogen and oxygen atoms in total. The molecule has 0 fully saturated rings. The summed E-state index contributed by atoms with van der Waals surface area (Å²) >= 11 is 0. The molecule has 1 aromatic heterocycles. The molecule has 0 saturated heterocycles. The molecule has 8 heteroatoms. The molecule has 0 atom stereocenters. The second-order valence-corrected chi connectivity index (χ2v) is 7.65. The summed E-state index contributed by atoms with van der Waals surface area (Å²) in [5, 5.41) is 3.19. The highest BCUT2D eigenvalue weighted by Crippen LogP contribution is 2.31. The van der Waals surface area contributed by atoms with Gasteiger partial charge in [0.2, 0.25) is 0 Å². The number of nitrogens with zero attached hydrogens (tertiary/aromatic N) is 1. The van der Waals surface area contributed by atoms with Crippen molar-refractivity contribution < 1.29 is 17.9 Å². The van der Waals surface area contributed by atoms with Gasteiger partial charge in [0.25, 0.3) is 10.0 Å². The maximum absolute atomic E-state index is 12.5. The first kappa shape index (κ1) is 19.5. The molecule has 0 amide bonds. The number of rotatable bonds is 7. The van der Waals surface area contributed by atoms with Crippen LogP contribution in [0.4, 0.5) is 17.2 Å². The van der Waals surface area contributed by atoms with Crippen LogP contribution in [0.1, 0.15) is 5.56 Å². The maximum Gasteiger partial charge on any atom is 0.263 e. The van der Waals surface area contributed by atoms with Crippen LogP contribution in [0.3, 0.4) is 0 Å². The number of hydrogen-bond acceptors (Lipinski definition) is 6. The van der Waals surface area contributed by atoms with Crippen LogP contribution in [0.15, 0.2) is 65.7 Å². The number of methoxy groups -OCH3 is 2. The van der Waals surface area contributed by atoms with Crippen molar-refractivity contribution in [1.29, 1.82) is 0 Å². The summed E-state index contributed by atoms with van der Waals surface area (Å²) in [5.74, 6) is 1.47. The number of sulfonamides is 1. The van der Waals surface area contributed by atoms with Gasteiger partial charge in [-0.1, -0.05) is 18.2 Å². The van der Waals surface area contributed by atoms with Crippen molar-refractivity contribution in [3.05, 3.63) is 66.4 Å². The minimum absolute atomic E-state index is 0.226. The zero-order chi connectivity index (χ0) is 20.1. The first-order valence-corrected chi connectivity index (χ1v) is 9.95. The largest absolute Gasteiger partial charge is 0.493 e. The van der Waals surface area contributed by atoms with E-state index in [1.54, 1.807) is 75.9 Å². The summed E-state index contributed by atoms with van der Waals surface area (Å²) < 4.78 is 38.1. The summed E-state index contributed by atoms with van der Waals surface area (Å²) in [7, 11) is -0.553. The van der Waals surface area contributed by atoms with Crippen molar-refractivity contribution in [2.24, 2.45) is 0 Å². The van der Waals surface area contributed by atoms with Crippen LogP contribution in [0, 0.1) is 6.92 Å². The van der Waals surface area contributed by atoms with Crippen molar-refractivity contribution in [3.8, 4) is 11.5 Å². The molecule has 3 aromatic rings. The van der Waals surface area contributed by atoms with Gasteiger partial charge in [-0.05, 0) is 42.8 Å². The van der Waals surface area contributed by atoms with Crippen LogP contribution >= 0.6 is 0 Å². The number of nitrogens with one attached hydrogen (secondary N) is 2. The van der Waals surface area contributed by atoms with Crippen LogP contribution in [-0.2, 0) is 10.0 Å². The molecule has 0 radical (unpaired) electrons. The molecule has 2 N–H and O–H groups in total. The van der Waals surface area contributed by atoms with Crippen LogP contribution in [0.2, 0.25) is 0 Å². The molecule has 0 saturated carbocycles. The lowest BCUT2D eigenvalue weighted by molar-refractivity contribution is 0.355. The molecule has 0 bridgehead atoms. The molecule has 0 unspecified atom stereocenters. The molecule has 0 aliphatic rings. The third-order valence-corrected chi connectivity index (χ3v) is 5.57. The van der Waals surface area contributed by atoms with Crippen molar-refractivity contribution >= 4 is 27.2 Å². The number of ether oxygens (including phenoxy) is 2. The van der Waals surface area contributed by atoms with Crippen molar-refractivity contribution in [1.82, 2.24) is 4.98 Å². The van der Waals surface area contributed by atoms with E-state index in [1.807, 2.05) is 6.07 Å². The molecule has 0 aliphatic heterocycles. The van der Waals surface area contributed by atoms with E-state index in [1.165, 1.54) is 0 Å². The number of anilines is 3. The highest BCUT2D eigenvalue weighted by molar-refractivity contribution is 7.92. The van der Waals surface area contributed by atoms with E-state index in [-0.39, 0.29) is 10.7 Å². The second-order valence-electron chi connectivity index (χ2n) is 6.00. The standard InChI is InChI=1S/C20H21N3O4S/c1-14-6-4-5-7-19(14)28(24,25)23-20-11-9-16(13-21-20)22-15-8-10-17(26-2)18(12-15)27-3/h4-13,22H,1-3H3,(H,21,23). The van der Waals surface area contributed by atoms with E-state index in [2.05, 4.69) is 15.0 Å². The average Bonchev–Trinajstić information content (AvgIpc) is 2.69. The lowest BCUT2D eigenvalue weighted by atomic mass is 10.2. The van der Waals surface area contributed by atoms with Gasteiger partial charge >= 0.3 is 0 Å². The Balaban J connectivity index is 1.74. The second kappa shape index (κ2) is 8.18. The third kappa shape index (κ3) is 4.34. The van der Waals surface area contributed by atoms with E-state index in [0.717, 1.165) is 5.69 Å². The molecule has 0 aliphatic carbocycles. The Morgan fingerprint density at radius 3 is 2.25 bits per heavy atom. The molecule has 0 spiro atoms. The van der Waals surface area contributed by atoms with E-state index in [0.29, 0.717) is 22.7 Å². The monoisotopic (exact) mass is 399 g/mol. The third-order valence-electron chi connectivity index (χ3n) is 4.06. The fourth-order valence-electron chi connectivity index (χ4n) is 2.66. The Morgan fingerprint density at radius 2 is 1.61 bits per heavy atom. The van der Waals surface area contributed by atoms with Gasteiger partial charge in [0.1, 0.15) is 5.82 Å². The summed E-state index contributed by atoms with van der Waals surface area (Å²) in [6.45, 7) is 1.75. The van der Waals surface area contributed by atoms with Crippen LogP contribution in [-0.4, -0.2) is 27.6 Å². The highest BCUT2D eigenvalue weighted by atomic mass is 32.2. The Bertz CT molecular complexity index is 1070. The minimum atomic E-state index is -3.70. The molecular formula is C20H21N3O4S. The van der Waals surface area contributed by atoms with Gasteiger partial charge in [0, 0.05) is 11.8 Å². The Hall–Kier alpha value is -3.26. The molecule has 1 heterocycles. The molecule has 28 heavy (non-hydrogen) atoms. The van der Waals surface area contributed by atoms with E-state index in [4.69, 9.17) is 9.47 Å². The first-order chi connectivity index (χ1) is 13.4. The van der Waals surface area contributed by atoms with Crippen molar-refractivity contribution in [2.45, 2.75) is 11.8 Å². The predicted octanol–water partition coefficient (Wildman–Crippen LogP) is 3.95. The van der Waals surface area contributed by atoms with Gasteiger partial charge in [-0.25, -0.2) is 13.4 Å². The van der Waals surface area contributed by atoms with Gasteiger partial charge in [-0.15, -0.1) is 0 Å². The number of hydrogen-bond donors (Lipinski definition) is 2. The number of aromatic nitrogens is 1. The Kier molecular flexibility index (Phi) is 5.70. The van der Waals surface area contributed by atoms with Crippen LogP contribution < -0.4 is 19.5 Å². The summed E-state index contributed by atoms with van der Waals surface area (Å²) in [6, 6.07) is 15.6. The molecular weight excluding hydrogens is 378 g/mol. The molecule has 146 valence electrons. The SMILES string of the molecule is COc1ccc(Nc2ccc(NS(=O)(=O)c3ccccc3C)nc2)cc1OC. The summed E-state index contributed by atoms with van der Waals surface area (Å²) in [4.78, 5) is 4.41. The summed E-state index contributed by atoms with van der Waals surface area (Å²) in [6.07, 6.45) is 1.55. The van der Waals surface area contributed by atoms with Gasteiger partial charge in [0.05, 0.1) is 31.0 Å². The molecule has 2 aromatic carbocycles. The van der Waals surface area contributed by atoms with Crippen molar-refractivity contribution in [3.63, 3.8) is 0 Å². The fourth-order valence-corrected chi connectivity index (χ4v) is 3.92. The fraction of sp³-hybridized carbons (Fsp3) is 0.150. The topological polar surface area (TPSA) is 89.6 Å². The van der Waals surface area contributed by atoms with Crippen LogP contribution in [0.25, 0.3) is 0 Å². The highest BCUT2D eigenvalue weighted by Gasteiger charge is 2.16. The van der Waals surface area contributed by atoms with Gasteiger partial charge < -0.3 is 14.8 Å². The van der Waals surface area contributed by atoms with E-state index < -0.39 is 10.0 Å². The lowest BCUT2D eigenvalue weighted by Gasteiger charge is -2.12. The smallest absolute Gasteiger partial charge is 0.263 e. The van der Waals surface area contributed by atoms with Crippen molar-refractivity contribution in [2.75, 3.05) is 24.3 Å². The number of benzene rings is 2. The van der Waals surface area contributed by atoms with Gasteiger partial charge in [-0.2, -0.15) is 0 Å². The zero-order valence-electron chi connectivity index (χ0n) is 15.8. The van der Waals surface area contributed by atoms with E-state index in [9.17, 15) is 8.42 Å². The van der Waals surface area contributed by atoms with Crippen LogP contribution in [0.5, 0.6) is 11.5 Å². The minimum Gasteiger partial charge on any atom is -0.493 e. The average molecular weight is 399 g/mol. The molecule has 3 rings (SSSR count). The normalized spacial score (nSPS) is 11.0.